The van der Waals surface area contributed by atoms with Gasteiger partial charge in [-0.3, -0.25) is 0 Å². The maximum absolute atomic E-state index is 14.1. The number of fused-ring (bicyclic) bond motifs is 1. The number of hydrogen-bond donors (Lipinski definition) is 1. The van der Waals surface area contributed by atoms with Gasteiger partial charge in [0.25, 0.3) is 0 Å². The molecule has 1 atom stereocenters. The van der Waals surface area contributed by atoms with Gasteiger partial charge in [0, 0.05) is 43.3 Å². The van der Waals surface area contributed by atoms with Crippen LogP contribution in [0.15, 0.2) is 42.6 Å². The van der Waals surface area contributed by atoms with Gasteiger partial charge in [-0.15, -0.1) is 0 Å². The Bertz CT molecular complexity index is 1620. The average molecular weight is 621 g/mol. The minimum absolute atomic E-state index is 0.0483. The fourth-order valence-electron chi connectivity index (χ4n) is 5.10. The summed E-state index contributed by atoms with van der Waals surface area (Å²) in [6.45, 7) is 7.20. The van der Waals surface area contributed by atoms with Crippen LogP contribution in [-0.2, 0) is 17.8 Å². The highest BCUT2D eigenvalue weighted by Gasteiger charge is 2.29. The second-order valence-corrected chi connectivity index (χ2v) is 12.2. The Morgan fingerprint density at radius 1 is 1.10 bits per heavy atom. The Labute approximate surface area is 251 Å². The molecule has 0 spiro atoms. The summed E-state index contributed by atoms with van der Waals surface area (Å²) in [5, 5.41) is 4.04. The van der Waals surface area contributed by atoms with E-state index in [1.165, 1.54) is 18.2 Å². The van der Waals surface area contributed by atoms with Gasteiger partial charge < -0.3 is 19.5 Å². The Balaban J connectivity index is 1.49. The number of rotatable bonds is 6. The van der Waals surface area contributed by atoms with Crippen LogP contribution >= 0.6 is 23.2 Å². The van der Waals surface area contributed by atoms with Crippen LogP contribution in [0.2, 0.25) is 10.0 Å². The number of aromatic nitrogens is 3. The molecule has 1 saturated heterocycles. The second kappa shape index (κ2) is 12.0. The summed E-state index contributed by atoms with van der Waals surface area (Å²) in [4.78, 5) is 23.6. The molecule has 1 amide bonds. The minimum Gasteiger partial charge on any atom is -0.444 e. The number of hydrogen-bond acceptors (Lipinski definition) is 5. The maximum atomic E-state index is 14.1. The number of amides is 1. The molecule has 12 heteroatoms. The van der Waals surface area contributed by atoms with Crippen LogP contribution in [0.4, 0.5) is 23.9 Å². The van der Waals surface area contributed by atoms with Crippen molar-refractivity contribution in [1.82, 2.24) is 19.4 Å². The predicted octanol–water partition coefficient (Wildman–Crippen LogP) is 8.08. The molecule has 4 aromatic rings. The van der Waals surface area contributed by atoms with Crippen molar-refractivity contribution in [3.05, 3.63) is 75.7 Å². The Kier molecular flexibility index (Phi) is 8.57. The van der Waals surface area contributed by atoms with E-state index in [4.69, 9.17) is 32.9 Å². The van der Waals surface area contributed by atoms with Gasteiger partial charge in [-0.05, 0) is 75.4 Å². The zero-order valence-electron chi connectivity index (χ0n) is 23.4. The van der Waals surface area contributed by atoms with E-state index in [1.807, 2.05) is 31.4 Å². The number of benzene rings is 2. The SMILES string of the molecule is CC(C)(C)OC(=O)N1CCCC(Cn2c(-c3c(Cl)cc(F)cc3Cl)cc3cnc(NCc4ccc(F)c(F)c4)nc32)C1. The molecule has 7 nitrogen and oxygen atoms in total. The summed E-state index contributed by atoms with van der Waals surface area (Å²) in [6.07, 6.45) is 2.93. The van der Waals surface area contributed by atoms with Gasteiger partial charge in [0.05, 0.1) is 15.7 Å². The van der Waals surface area contributed by atoms with Crippen molar-refractivity contribution < 1.29 is 22.7 Å². The molecule has 2 aromatic heterocycles. The third-order valence-corrected chi connectivity index (χ3v) is 7.54. The summed E-state index contributed by atoms with van der Waals surface area (Å²) < 4.78 is 48.6. The molecule has 0 aliphatic carbocycles. The molecule has 0 radical (unpaired) electrons. The zero-order chi connectivity index (χ0) is 30.2. The standard InChI is InChI=1S/C30H30Cl2F3N5O2/c1-30(2,3)42-29(41)39-8-4-5-18(15-39)16-40-25(26-21(31)11-20(33)12-22(26)32)10-19-14-37-28(38-27(19)40)36-13-17-6-7-23(34)24(35)9-17/h6-7,9-12,14,18H,4-5,8,13,15-16H2,1-3H3,(H,36,37,38). The van der Waals surface area contributed by atoms with Crippen molar-refractivity contribution in [3.63, 3.8) is 0 Å². The molecular weight excluding hydrogens is 590 g/mol. The van der Waals surface area contributed by atoms with Gasteiger partial charge in [0.2, 0.25) is 5.95 Å². The lowest BCUT2D eigenvalue weighted by Crippen LogP contribution is -2.43. The van der Waals surface area contributed by atoms with Crippen LogP contribution in [0.3, 0.4) is 0 Å². The van der Waals surface area contributed by atoms with Crippen LogP contribution in [0.5, 0.6) is 0 Å². The number of carbonyl (C=O) groups is 1. The number of ether oxygens (including phenoxy) is 1. The van der Waals surface area contributed by atoms with Crippen molar-refractivity contribution in [3.8, 4) is 11.3 Å². The van der Waals surface area contributed by atoms with E-state index in [0.29, 0.717) is 47.5 Å². The summed E-state index contributed by atoms with van der Waals surface area (Å²) in [6, 6.07) is 7.90. The van der Waals surface area contributed by atoms with Crippen molar-refractivity contribution in [1.29, 1.82) is 0 Å². The molecule has 1 unspecified atom stereocenters. The Hall–Kier alpha value is -3.50. The Morgan fingerprint density at radius 3 is 2.52 bits per heavy atom. The van der Waals surface area contributed by atoms with Crippen LogP contribution in [0, 0.1) is 23.4 Å². The monoisotopic (exact) mass is 619 g/mol. The van der Waals surface area contributed by atoms with Crippen molar-refractivity contribution in [2.75, 3.05) is 18.4 Å². The lowest BCUT2D eigenvalue weighted by molar-refractivity contribution is 0.0158. The fourth-order valence-corrected chi connectivity index (χ4v) is 5.75. The van der Waals surface area contributed by atoms with E-state index >= 15 is 0 Å². The van der Waals surface area contributed by atoms with Gasteiger partial charge in [0.15, 0.2) is 11.6 Å². The third kappa shape index (κ3) is 6.76. The molecule has 5 rings (SSSR count). The largest absolute Gasteiger partial charge is 0.444 e. The maximum Gasteiger partial charge on any atom is 0.410 e. The molecular formula is C30H30Cl2F3N5O2. The zero-order valence-corrected chi connectivity index (χ0v) is 24.9. The first kappa shape index (κ1) is 30.0. The molecule has 1 aliphatic rings. The smallest absolute Gasteiger partial charge is 0.410 e. The first-order valence-corrected chi connectivity index (χ1v) is 14.3. The molecule has 1 aliphatic heterocycles. The Morgan fingerprint density at radius 2 is 1.83 bits per heavy atom. The van der Waals surface area contributed by atoms with Gasteiger partial charge in [0.1, 0.15) is 17.1 Å². The van der Waals surface area contributed by atoms with Crippen molar-refractivity contribution in [2.45, 2.75) is 52.3 Å². The van der Waals surface area contributed by atoms with Crippen LogP contribution < -0.4 is 5.32 Å². The molecule has 1 fully saturated rings. The summed E-state index contributed by atoms with van der Waals surface area (Å²) >= 11 is 13.0. The predicted molar refractivity (Wildman–Crippen MR) is 157 cm³/mol. The number of nitrogens with zero attached hydrogens (tertiary/aromatic N) is 4. The first-order chi connectivity index (χ1) is 19.9. The average Bonchev–Trinajstić information content (AvgIpc) is 3.25. The van der Waals surface area contributed by atoms with E-state index in [2.05, 4.69) is 10.3 Å². The lowest BCUT2D eigenvalue weighted by Gasteiger charge is -2.34. The molecule has 222 valence electrons. The highest BCUT2D eigenvalue weighted by molar-refractivity contribution is 6.39. The molecule has 2 aromatic carbocycles. The summed E-state index contributed by atoms with van der Waals surface area (Å²) in [7, 11) is 0. The number of anilines is 1. The fraction of sp³-hybridized carbons (Fsp3) is 0.367. The third-order valence-electron chi connectivity index (χ3n) is 6.94. The van der Waals surface area contributed by atoms with E-state index in [0.717, 1.165) is 25.0 Å². The number of likely N-dealkylation sites (tertiary alicyclic amines) is 1. The molecule has 42 heavy (non-hydrogen) atoms. The van der Waals surface area contributed by atoms with Gasteiger partial charge >= 0.3 is 6.09 Å². The quantitative estimate of drug-likeness (QED) is 0.236. The van der Waals surface area contributed by atoms with Crippen LogP contribution in [-0.4, -0.2) is 44.2 Å². The van der Waals surface area contributed by atoms with E-state index < -0.39 is 23.1 Å². The summed E-state index contributed by atoms with van der Waals surface area (Å²) in [5.41, 5.74) is 1.56. The van der Waals surface area contributed by atoms with E-state index in [1.54, 1.807) is 11.1 Å². The highest BCUT2D eigenvalue weighted by Crippen LogP contribution is 2.39. The highest BCUT2D eigenvalue weighted by atomic mass is 35.5. The van der Waals surface area contributed by atoms with Crippen molar-refractivity contribution in [2.24, 2.45) is 5.92 Å². The van der Waals surface area contributed by atoms with E-state index in [9.17, 15) is 18.0 Å². The normalized spacial score (nSPS) is 15.7. The molecule has 1 N–H and O–H groups in total. The number of piperidine rings is 1. The number of halogens is 5. The first-order valence-electron chi connectivity index (χ1n) is 13.5. The van der Waals surface area contributed by atoms with Crippen LogP contribution in [0.1, 0.15) is 39.2 Å². The van der Waals surface area contributed by atoms with Gasteiger partial charge in [-0.25, -0.2) is 22.9 Å². The van der Waals surface area contributed by atoms with Gasteiger partial charge in [-0.2, -0.15) is 4.98 Å². The minimum atomic E-state index is -0.940. The van der Waals surface area contributed by atoms with E-state index in [-0.39, 0.29) is 34.5 Å². The number of nitrogens with one attached hydrogen (secondary N) is 1. The summed E-state index contributed by atoms with van der Waals surface area (Å²) in [5.74, 6) is -2.10. The number of carbonyl (C=O) groups excluding carboxylic acids is 1. The lowest BCUT2D eigenvalue weighted by atomic mass is 9.98. The van der Waals surface area contributed by atoms with Crippen molar-refractivity contribution >= 4 is 46.3 Å². The van der Waals surface area contributed by atoms with Crippen LogP contribution in [0.25, 0.3) is 22.3 Å². The molecule has 3 heterocycles. The second-order valence-electron chi connectivity index (χ2n) is 11.4. The molecule has 0 saturated carbocycles. The topological polar surface area (TPSA) is 72.3 Å². The van der Waals surface area contributed by atoms with Gasteiger partial charge in [-0.1, -0.05) is 29.3 Å². The molecule has 0 bridgehead atoms.